The van der Waals surface area contributed by atoms with E-state index in [1.54, 1.807) is 6.20 Å². The highest BCUT2D eigenvalue weighted by atomic mass is 16.5. The van der Waals surface area contributed by atoms with Crippen LogP contribution >= 0.6 is 0 Å². The first kappa shape index (κ1) is 21.9. The van der Waals surface area contributed by atoms with Gasteiger partial charge in [0.1, 0.15) is 5.69 Å². The molecule has 32 heavy (non-hydrogen) atoms. The lowest BCUT2D eigenvalue weighted by Crippen LogP contribution is -2.33. The smallest absolute Gasteiger partial charge is 0.189 e. The van der Waals surface area contributed by atoms with Gasteiger partial charge in [0.05, 0.1) is 31.7 Å². The maximum atomic E-state index is 8.79. The first-order valence-electron chi connectivity index (χ1n) is 10.6. The molecule has 1 aromatic carbocycles. The molecule has 1 atom stereocenters. The highest BCUT2D eigenvalue weighted by Crippen LogP contribution is 2.30. The molecule has 0 amide bonds. The number of nitrogen functional groups attached to an aromatic ring is 1. The lowest BCUT2D eigenvalue weighted by atomic mass is 9.99. The Bertz CT molecular complexity index is 1090. The van der Waals surface area contributed by atoms with Crippen LogP contribution in [0.4, 0.5) is 5.82 Å². The second-order valence-electron chi connectivity index (χ2n) is 7.57. The number of allylic oxidation sites excluding steroid dienone is 2. The van der Waals surface area contributed by atoms with Gasteiger partial charge in [-0.1, -0.05) is 53.7 Å². The third-order valence-electron chi connectivity index (χ3n) is 5.38. The average molecular weight is 434 g/mol. The number of hydrogen-bond acceptors (Lipinski definition) is 8. The Morgan fingerprint density at radius 3 is 2.81 bits per heavy atom. The maximum absolute atomic E-state index is 8.79. The Kier molecular flexibility index (Phi) is 7.06. The summed E-state index contributed by atoms with van der Waals surface area (Å²) in [6.45, 7) is 1.81. The van der Waals surface area contributed by atoms with Crippen molar-refractivity contribution >= 4 is 11.4 Å². The number of nitrogens with zero attached hydrogens (tertiary/aromatic N) is 4. The van der Waals surface area contributed by atoms with Crippen molar-refractivity contribution < 1.29 is 14.4 Å². The van der Waals surface area contributed by atoms with E-state index in [0.717, 1.165) is 35.5 Å². The molecule has 3 N–H and O–H groups in total. The van der Waals surface area contributed by atoms with Crippen LogP contribution in [0.1, 0.15) is 12.1 Å². The van der Waals surface area contributed by atoms with Crippen molar-refractivity contribution in [2.45, 2.75) is 12.5 Å². The van der Waals surface area contributed by atoms with Gasteiger partial charge in [-0.2, -0.15) is 0 Å². The van der Waals surface area contributed by atoms with Gasteiger partial charge in [-0.05, 0) is 19.0 Å². The van der Waals surface area contributed by atoms with E-state index in [2.05, 4.69) is 45.3 Å². The summed E-state index contributed by atoms with van der Waals surface area (Å²) in [6, 6.07) is 11.9. The summed E-state index contributed by atoms with van der Waals surface area (Å²) in [4.78, 5) is 11.2. The SMILES string of the molecule is CN(CCOCCO)C1C=CC(c2cc(-c3nc(-c4ccccc4)cnc3N)on2)=CC1. The van der Waals surface area contributed by atoms with Gasteiger partial charge in [0.25, 0.3) is 0 Å². The molecule has 0 fully saturated rings. The van der Waals surface area contributed by atoms with Crippen LogP contribution < -0.4 is 5.73 Å². The molecule has 166 valence electrons. The van der Waals surface area contributed by atoms with Crippen molar-refractivity contribution in [2.24, 2.45) is 0 Å². The predicted octanol–water partition coefficient (Wildman–Crippen LogP) is 3.03. The van der Waals surface area contributed by atoms with Crippen LogP contribution in [0, 0.1) is 0 Å². The Morgan fingerprint density at radius 1 is 1.22 bits per heavy atom. The predicted molar refractivity (Wildman–Crippen MR) is 123 cm³/mol. The number of aliphatic hydroxyl groups is 1. The summed E-state index contributed by atoms with van der Waals surface area (Å²) < 4.78 is 10.9. The Hall–Kier alpha value is -3.33. The minimum absolute atomic E-state index is 0.0482. The molecular formula is C24H27N5O3. The molecule has 2 heterocycles. The van der Waals surface area contributed by atoms with Gasteiger partial charge in [0.15, 0.2) is 17.3 Å². The van der Waals surface area contributed by atoms with Crippen molar-refractivity contribution in [1.82, 2.24) is 20.0 Å². The lowest BCUT2D eigenvalue weighted by Gasteiger charge is -2.26. The molecular weight excluding hydrogens is 406 g/mol. The minimum atomic E-state index is 0.0482. The molecule has 3 aromatic rings. The topological polar surface area (TPSA) is 111 Å². The van der Waals surface area contributed by atoms with Crippen LogP contribution in [0.5, 0.6) is 0 Å². The quantitative estimate of drug-likeness (QED) is 0.496. The van der Waals surface area contributed by atoms with Crippen LogP contribution in [0.3, 0.4) is 0 Å². The largest absolute Gasteiger partial charge is 0.394 e. The molecule has 4 rings (SSSR count). The van der Waals surface area contributed by atoms with Crippen LogP contribution in [0.15, 0.2) is 65.3 Å². The summed E-state index contributed by atoms with van der Waals surface area (Å²) in [5.41, 5.74) is 9.95. The van der Waals surface area contributed by atoms with Crippen molar-refractivity contribution in [1.29, 1.82) is 0 Å². The van der Waals surface area contributed by atoms with Gasteiger partial charge in [0, 0.05) is 24.2 Å². The number of aromatic nitrogens is 3. The van der Waals surface area contributed by atoms with Gasteiger partial charge < -0.3 is 20.1 Å². The molecule has 0 spiro atoms. The number of hydrogen-bond donors (Lipinski definition) is 2. The summed E-state index contributed by atoms with van der Waals surface area (Å²) in [5, 5.41) is 13.0. The van der Waals surface area contributed by atoms with E-state index in [4.69, 9.17) is 20.1 Å². The van der Waals surface area contributed by atoms with Crippen molar-refractivity contribution in [2.75, 3.05) is 39.1 Å². The number of anilines is 1. The third kappa shape index (κ3) is 5.11. The molecule has 0 saturated carbocycles. The second kappa shape index (κ2) is 10.3. The van der Waals surface area contributed by atoms with Crippen LogP contribution in [0.25, 0.3) is 28.3 Å². The normalized spacial score (nSPS) is 15.8. The van der Waals surface area contributed by atoms with Crippen molar-refractivity contribution in [3.63, 3.8) is 0 Å². The van der Waals surface area contributed by atoms with Gasteiger partial charge in [-0.3, -0.25) is 4.90 Å². The highest BCUT2D eigenvalue weighted by molar-refractivity contribution is 5.77. The fraction of sp³-hybridized carbons (Fsp3) is 0.292. The van der Waals surface area contributed by atoms with Crippen molar-refractivity contribution in [3.8, 4) is 22.7 Å². The number of nitrogens with two attached hydrogens (primary N) is 1. The second-order valence-corrected chi connectivity index (χ2v) is 7.57. The first-order chi connectivity index (χ1) is 15.7. The molecule has 1 aliphatic rings. The molecule has 0 bridgehead atoms. The van der Waals surface area contributed by atoms with Crippen molar-refractivity contribution in [3.05, 3.63) is 66.5 Å². The molecule has 0 radical (unpaired) electrons. The summed E-state index contributed by atoms with van der Waals surface area (Å²) >= 11 is 0. The molecule has 8 nitrogen and oxygen atoms in total. The van der Waals surface area contributed by atoms with Gasteiger partial charge in [-0.25, -0.2) is 9.97 Å². The Morgan fingerprint density at radius 2 is 2.06 bits per heavy atom. The van der Waals surface area contributed by atoms with Crippen LogP contribution in [-0.4, -0.2) is 64.6 Å². The maximum Gasteiger partial charge on any atom is 0.189 e. The van der Waals surface area contributed by atoms with Crippen LogP contribution in [-0.2, 0) is 4.74 Å². The highest BCUT2D eigenvalue weighted by Gasteiger charge is 2.19. The number of benzene rings is 1. The van der Waals surface area contributed by atoms with E-state index >= 15 is 0 Å². The molecule has 0 aliphatic heterocycles. The van der Waals surface area contributed by atoms with Crippen LogP contribution in [0.2, 0.25) is 0 Å². The molecule has 0 saturated heterocycles. The summed E-state index contributed by atoms with van der Waals surface area (Å²) in [7, 11) is 2.06. The number of aliphatic hydroxyl groups excluding tert-OH is 1. The van der Waals surface area contributed by atoms with Gasteiger partial charge in [0.2, 0.25) is 0 Å². The monoisotopic (exact) mass is 433 g/mol. The number of likely N-dealkylation sites (N-methyl/N-ethyl adjacent to an activating group) is 1. The molecule has 2 aromatic heterocycles. The molecule has 1 unspecified atom stereocenters. The zero-order valence-electron chi connectivity index (χ0n) is 18.0. The zero-order valence-corrected chi connectivity index (χ0v) is 18.0. The summed E-state index contributed by atoms with van der Waals surface area (Å²) in [6.07, 6.45) is 8.86. The van der Waals surface area contributed by atoms with E-state index in [-0.39, 0.29) is 12.6 Å². The van der Waals surface area contributed by atoms with Gasteiger partial charge in [-0.15, -0.1) is 0 Å². The fourth-order valence-corrected chi connectivity index (χ4v) is 3.52. The minimum Gasteiger partial charge on any atom is -0.394 e. The number of ether oxygens (including phenoxy) is 1. The first-order valence-corrected chi connectivity index (χ1v) is 10.6. The Balaban J connectivity index is 1.45. The summed E-state index contributed by atoms with van der Waals surface area (Å²) in [5.74, 6) is 0.781. The van der Waals surface area contributed by atoms with E-state index in [1.807, 2.05) is 36.4 Å². The Labute approximate surface area is 187 Å². The lowest BCUT2D eigenvalue weighted by molar-refractivity contribution is 0.0743. The average Bonchev–Trinajstić information content (AvgIpc) is 3.33. The zero-order chi connectivity index (χ0) is 22.3. The van der Waals surface area contributed by atoms with E-state index in [0.29, 0.717) is 30.5 Å². The molecule has 1 aliphatic carbocycles. The standard InChI is InChI=1S/C24H27N5O3/c1-29(11-13-31-14-12-30)19-9-7-18(8-10-19)20-15-22(32-28-20)23-24(25)26-16-21(27-23)17-5-3-2-4-6-17/h2-9,15-16,19,30H,10-14H2,1H3,(H2,25,26). The fourth-order valence-electron chi connectivity index (χ4n) is 3.52. The third-order valence-corrected chi connectivity index (χ3v) is 5.38. The van der Waals surface area contributed by atoms with E-state index < -0.39 is 0 Å². The van der Waals surface area contributed by atoms with E-state index in [9.17, 15) is 0 Å². The molecule has 8 heteroatoms. The van der Waals surface area contributed by atoms with Gasteiger partial charge >= 0.3 is 0 Å². The number of rotatable bonds is 9. The van der Waals surface area contributed by atoms with E-state index in [1.165, 1.54) is 0 Å².